The standard InChI is InChI=1S/C11H9NOS.CH4/c14-11-8-4-7-10(12-11)13-9-5-2-1-3-6-9;/h1-8H,(H,12,14);1H4. The number of hydrogen-bond acceptors (Lipinski definition) is 2. The summed E-state index contributed by atoms with van der Waals surface area (Å²) in [5.74, 6) is 1.45. The van der Waals surface area contributed by atoms with E-state index >= 15 is 0 Å². The van der Waals surface area contributed by atoms with Gasteiger partial charge in [-0.05, 0) is 24.3 Å². The van der Waals surface area contributed by atoms with E-state index in [9.17, 15) is 0 Å². The second-order valence-electron chi connectivity index (χ2n) is 2.79. The van der Waals surface area contributed by atoms with Gasteiger partial charge in [0.25, 0.3) is 0 Å². The van der Waals surface area contributed by atoms with Crippen LogP contribution in [0.2, 0.25) is 0 Å². The summed E-state index contributed by atoms with van der Waals surface area (Å²) in [6.07, 6.45) is 0. The maximum atomic E-state index is 5.54. The van der Waals surface area contributed by atoms with Gasteiger partial charge in [0.05, 0.1) is 0 Å². The minimum Gasteiger partial charge on any atom is -0.441 e. The number of aromatic amines is 1. The van der Waals surface area contributed by atoms with Crippen LogP contribution in [0.4, 0.5) is 0 Å². The van der Waals surface area contributed by atoms with Crippen molar-refractivity contribution >= 4 is 12.2 Å². The van der Waals surface area contributed by atoms with Crippen LogP contribution >= 0.6 is 12.2 Å². The van der Waals surface area contributed by atoms with Gasteiger partial charge in [-0.2, -0.15) is 0 Å². The van der Waals surface area contributed by atoms with Crippen LogP contribution in [0.15, 0.2) is 48.5 Å². The van der Waals surface area contributed by atoms with Crippen molar-refractivity contribution in [1.29, 1.82) is 0 Å². The molecule has 0 fully saturated rings. The molecule has 1 N–H and O–H groups in total. The van der Waals surface area contributed by atoms with Crippen molar-refractivity contribution in [3.63, 3.8) is 0 Å². The summed E-state index contributed by atoms with van der Waals surface area (Å²) in [7, 11) is 0. The predicted molar refractivity (Wildman–Crippen MR) is 64.9 cm³/mol. The molecule has 0 saturated heterocycles. The molecule has 1 aromatic heterocycles. The molecular weight excluding hydrogens is 206 g/mol. The zero-order valence-corrected chi connectivity index (χ0v) is 8.25. The minimum atomic E-state index is 0. The Bertz CT molecular complexity index is 464. The number of pyridine rings is 1. The molecule has 1 heterocycles. The molecule has 0 aliphatic rings. The van der Waals surface area contributed by atoms with Crippen molar-refractivity contribution in [2.45, 2.75) is 7.43 Å². The number of benzene rings is 1. The molecule has 0 radical (unpaired) electrons. The Morgan fingerprint density at radius 3 is 2.33 bits per heavy atom. The fraction of sp³-hybridized carbons (Fsp3) is 0.0833. The first-order chi connectivity index (χ1) is 6.84. The molecular formula is C12H13NOS. The lowest BCUT2D eigenvalue weighted by Crippen LogP contribution is -1.86. The molecule has 1 aromatic carbocycles. The van der Waals surface area contributed by atoms with E-state index < -0.39 is 0 Å². The van der Waals surface area contributed by atoms with E-state index in [-0.39, 0.29) is 7.43 Å². The smallest absolute Gasteiger partial charge is 0.198 e. The Hall–Kier alpha value is -1.61. The van der Waals surface area contributed by atoms with Crippen LogP contribution in [0.3, 0.4) is 0 Å². The van der Waals surface area contributed by atoms with Gasteiger partial charge in [0.2, 0.25) is 0 Å². The van der Waals surface area contributed by atoms with Crippen LogP contribution in [0, 0.1) is 4.64 Å². The van der Waals surface area contributed by atoms with E-state index in [1.54, 1.807) is 0 Å². The first-order valence-corrected chi connectivity index (χ1v) is 4.68. The Morgan fingerprint density at radius 2 is 1.67 bits per heavy atom. The molecule has 78 valence electrons. The summed E-state index contributed by atoms with van der Waals surface area (Å²) in [5.41, 5.74) is 0. The maximum absolute atomic E-state index is 5.54. The van der Waals surface area contributed by atoms with Crippen LogP contribution in [-0.4, -0.2) is 4.98 Å². The monoisotopic (exact) mass is 219 g/mol. The summed E-state index contributed by atoms with van der Waals surface area (Å²) in [6, 6.07) is 15.1. The van der Waals surface area contributed by atoms with Crippen molar-refractivity contribution in [1.82, 2.24) is 4.98 Å². The first-order valence-electron chi connectivity index (χ1n) is 4.27. The van der Waals surface area contributed by atoms with Crippen LogP contribution < -0.4 is 4.74 Å². The fourth-order valence-electron chi connectivity index (χ4n) is 1.10. The third-order valence-corrected chi connectivity index (χ3v) is 1.95. The van der Waals surface area contributed by atoms with Gasteiger partial charge in [0, 0.05) is 0 Å². The predicted octanol–water partition coefficient (Wildman–Crippen LogP) is 4.17. The summed E-state index contributed by atoms with van der Waals surface area (Å²) in [5, 5.41) is 0. The Kier molecular flexibility index (Phi) is 4.06. The number of hydrogen-bond donors (Lipinski definition) is 1. The Balaban J connectivity index is 0.00000112. The highest BCUT2D eigenvalue weighted by Crippen LogP contribution is 2.17. The molecule has 2 nitrogen and oxygen atoms in total. The molecule has 2 rings (SSSR count). The van der Waals surface area contributed by atoms with Gasteiger partial charge in [0.1, 0.15) is 10.4 Å². The molecule has 0 atom stereocenters. The topological polar surface area (TPSA) is 25.0 Å². The fourth-order valence-corrected chi connectivity index (χ4v) is 1.28. The van der Waals surface area contributed by atoms with Gasteiger partial charge in [-0.1, -0.05) is 43.9 Å². The average Bonchev–Trinajstić information content (AvgIpc) is 2.19. The lowest BCUT2D eigenvalue weighted by atomic mass is 10.3. The number of H-pyrrole nitrogens is 1. The molecule has 0 spiro atoms. The second-order valence-corrected chi connectivity index (χ2v) is 3.23. The van der Waals surface area contributed by atoms with Gasteiger partial charge >= 0.3 is 0 Å². The molecule has 0 amide bonds. The summed E-state index contributed by atoms with van der Waals surface area (Å²) in [6.45, 7) is 0. The van der Waals surface area contributed by atoms with Gasteiger partial charge in [0.15, 0.2) is 5.88 Å². The van der Waals surface area contributed by atoms with Gasteiger partial charge in [-0.25, -0.2) is 0 Å². The SMILES string of the molecule is C.S=c1cccc(Oc2ccccc2)[nH]1. The third kappa shape index (κ3) is 3.22. The van der Waals surface area contributed by atoms with Crippen molar-refractivity contribution in [2.75, 3.05) is 0 Å². The number of para-hydroxylation sites is 1. The number of aromatic nitrogens is 1. The number of nitrogens with one attached hydrogen (secondary N) is 1. The Morgan fingerprint density at radius 1 is 0.933 bits per heavy atom. The molecule has 0 bridgehead atoms. The molecule has 3 heteroatoms. The van der Waals surface area contributed by atoms with E-state index in [1.165, 1.54) is 0 Å². The number of ether oxygens (including phenoxy) is 1. The van der Waals surface area contributed by atoms with Gasteiger partial charge in [-0.15, -0.1) is 0 Å². The third-order valence-electron chi connectivity index (χ3n) is 1.71. The zero-order valence-electron chi connectivity index (χ0n) is 7.44. The van der Waals surface area contributed by atoms with Crippen LogP contribution in [0.1, 0.15) is 7.43 Å². The molecule has 0 aliphatic carbocycles. The lowest BCUT2D eigenvalue weighted by molar-refractivity contribution is 0.462. The van der Waals surface area contributed by atoms with E-state index in [2.05, 4.69) is 4.98 Å². The van der Waals surface area contributed by atoms with E-state index in [1.807, 2.05) is 48.5 Å². The summed E-state index contributed by atoms with van der Waals surface area (Å²) >= 11 is 4.98. The van der Waals surface area contributed by atoms with Crippen LogP contribution in [0.25, 0.3) is 0 Å². The first kappa shape index (κ1) is 11.5. The normalized spacial score (nSPS) is 9.07. The zero-order chi connectivity index (χ0) is 9.80. The number of rotatable bonds is 2. The minimum absolute atomic E-state index is 0. The molecule has 15 heavy (non-hydrogen) atoms. The quantitative estimate of drug-likeness (QED) is 0.767. The van der Waals surface area contributed by atoms with E-state index in [4.69, 9.17) is 17.0 Å². The largest absolute Gasteiger partial charge is 0.441 e. The molecule has 2 aromatic rings. The van der Waals surface area contributed by atoms with E-state index in [0.29, 0.717) is 10.5 Å². The molecule has 0 unspecified atom stereocenters. The van der Waals surface area contributed by atoms with Crippen molar-refractivity contribution in [3.8, 4) is 11.6 Å². The van der Waals surface area contributed by atoms with Crippen molar-refractivity contribution in [2.24, 2.45) is 0 Å². The van der Waals surface area contributed by atoms with Crippen LogP contribution in [-0.2, 0) is 0 Å². The lowest BCUT2D eigenvalue weighted by Gasteiger charge is -2.03. The average molecular weight is 219 g/mol. The van der Waals surface area contributed by atoms with Crippen molar-refractivity contribution in [3.05, 3.63) is 53.2 Å². The molecule has 0 aliphatic heterocycles. The van der Waals surface area contributed by atoms with Gasteiger partial charge in [-0.3, -0.25) is 0 Å². The maximum Gasteiger partial charge on any atom is 0.198 e. The van der Waals surface area contributed by atoms with Crippen molar-refractivity contribution < 1.29 is 4.74 Å². The highest BCUT2D eigenvalue weighted by Gasteiger charge is 1.94. The highest BCUT2D eigenvalue weighted by molar-refractivity contribution is 7.71. The van der Waals surface area contributed by atoms with Gasteiger partial charge < -0.3 is 9.72 Å². The Labute approximate surface area is 94.6 Å². The second kappa shape index (κ2) is 5.32. The summed E-state index contributed by atoms with van der Waals surface area (Å²) in [4.78, 5) is 2.95. The highest BCUT2D eigenvalue weighted by atomic mass is 32.1. The van der Waals surface area contributed by atoms with Crippen LogP contribution in [0.5, 0.6) is 11.6 Å². The van der Waals surface area contributed by atoms with E-state index in [0.717, 1.165) is 5.75 Å². The molecule has 0 saturated carbocycles. The summed E-state index contributed by atoms with van der Waals surface area (Å²) < 4.78 is 6.20.